The van der Waals surface area contributed by atoms with E-state index in [2.05, 4.69) is 92.1 Å². The summed E-state index contributed by atoms with van der Waals surface area (Å²) in [4.78, 5) is 33.7. The molecule has 6 aromatic heterocycles. The number of rotatable bonds is 1. The van der Waals surface area contributed by atoms with Gasteiger partial charge in [0.2, 0.25) is 0 Å². The standard InChI is InChI=1S/C51H31N8/c1-2-4-32(5-3-1)33(6-20-46-48-22-16-42(56-48)28-38-12-8-34(52-38)26-35-9-13-39(53-35)29-43-17-23-49(46)57-43)7-21-47-50-24-18-44(58-50)30-40-14-10-36(54-40)27-37-11-15-41(55-37)31-45-19-25-51(47)59-45/h1-5,8-19,22-31,52,54,56,58H. The van der Waals surface area contributed by atoms with Gasteiger partial charge in [0.15, 0.2) is 0 Å². The van der Waals surface area contributed by atoms with Gasteiger partial charge in [0.1, 0.15) is 5.92 Å². The lowest BCUT2D eigenvalue weighted by molar-refractivity contribution is 1.27. The van der Waals surface area contributed by atoms with Crippen molar-refractivity contribution in [2.45, 2.75) is 0 Å². The summed E-state index contributed by atoms with van der Waals surface area (Å²) in [6.45, 7) is 0. The SMILES string of the molecule is C(#Cc1c2nc(cc3nc(cc4ccc(cc5ccc1[nH]5)[nH]4)C=C3)C=C2)[C](C#Cc1c2nc(cc3nc(cc4ccc(cc5ccc1[nH]5)[nH]4)C=C3)C=C2)c1ccccc1. The first-order valence-electron chi connectivity index (χ1n) is 19.2. The molecular formula is C51H31N8. The van der Waals surface area contributed by atoms with Crippen LogP contribution in [0.25, 0.3) is 92.7 Å². The van der Waals surface area contributed by atoms with E-state index in [1.807, 2.05) is 115 Å². The molecule has 4 aliphatic heterocycles. The van der Waals surface area contributed by atoms with Crippen molar-refractivity contribution in [3.05, 3.63) is 183 Å². The Morgan fingerprint density at radius 1 is 0.356 bits per heavy atom. The van der Waals surface area contributed by atoms with Crippen molar-refractivity contribution in [3.8, 4) is 23.7 Å². The topological polar surface area (TPSA) is 115 Å². The van der Waals surface area contributed by atoms with Gasteiger partial charge in [-0.1, -0.05) is 54.0 Å². The van der Waals surface area contributed by atoms with E-state index in [-0.39, 0.29) is 0 Å². The fourth-order valence-corrected chi connectivity index (χ4v) is 7.31. The van der Waals surface area contributed by atoms with Crippen molar-refractivity contribution >= 4 is 92.7 Å². The van der Waals surface area contributed by atoms with Gasteiger partial charge in [-0.05, 0) is 139 Å². The molecule has 0 spiro atoms. The summed E-state index contributed by atoms with van der Waals surface area (Å²) in [5.41, 5.74) is 16.4. The van der Waals surface area contributed by atoms with E-state index in [4.69, 9.17) is 19.9 Å². The maximum absolute atomic E-state index is 5.01. The number of H-pyrrole nitrogens is 4. The Hall–Kier alpha value is -8.46. The Morgan fingerprint density at radius 3 is 1.24 bits per heavy atom. The largest absolute Gasteiger partial charge is 0.355 e. The van der Waals surface area contributed by atoms with Crippen LogP contribution in [0.15, 0.2) is 115 Å². The summed E-state index contributed by atoms with van der Waals surface area (Å²) >= 11 is 0. The fraction of sp³-hybridized carbons (Fsp3) is 0. The van der Waals surface area contributed by atoms with Crippen molar-refractivity contribution in [1.29, 1.82) is 0 Å². The zero-order chi connectivity index (χ0) is 39.1. The molecule has 0 saturated heterocycles. The van der Waals surface area contributed by atoms with Crippen LogP contribution in [0.4, 0.5) is 0 Å². The number of hydrogen-bond acceptors (Lipinski definition) is 4. The number of fused-ring (bicyclic) bond motifs is 16. The highest BCUT2D eigenvalue weighted by Crippen LogP contribution is 2.24. The zero-order valence-electron chi connectivity index (χ0n) is 31.4. The quantitative estimate of drug-likeness (QED) is 0.125. The first-order valence-corrected chi connectivity index (χ1v) is 19.2. The molecule has 7 aromatic rings. The minimum atomic E-state index is 0.658. The third kappa shape index (κ3) is 7.10. The lowest BCUT2D eigenvalue weighted by Crippen LogP contribution is -1.95. The van der Waals surface area contributed by atoms with E-state index in [1.165, 1.54) is 0 Å². The molecule has 8 heteroatoms. The molecule has 1 radical (unpaired) electrons. The van der Waals surface area contributed by atoms with Crippen molar-refractivity contribution in [2.75, 3.05) is 0 Å². The molecule has 275 valence electrons. The highest BCUT2D eigenvalue weighted by molar-refractivity contribution is 5.84. The van der Waals surface area contributed by atoms with Gasteiger partial charge < -0.3 is 19.9 Å². The number of aromatic nitrogens is 8. The van der Waals surface area contributed by atoms with E-state index in [1.54, 1.807) is 0 Å². The van der Waals surface area contributed by atoms with Crippen LogP contribution in [0.3, 0.4) is 0 Å². The van der Waals surface area contributed by atoms with Crippen LogP contribution in [-0.2, 0) is 0 Å². The molecule has 0 aliphatic carbocycles. The van der Waals surface area contributed by atoms with Crippen LogP contribution in [-0.4, -0.2) is 39.9 Å². The fourth-order valence-electron chi connectivity index (χ4n) is 7.31. The molecule has 1 aromatic carbocycles. The molecule has 0 fully saturated rings. The van der Waals surface area contributed by atoms with Crippen LogP contribution in [0.5, 0.6) is 0 Å². The third-order valence-electron chi connectivity index (χ3n) is 10.1. The molecule has 0 unspecified atom stereocenters. The Balaban J connectivity index is 1.09. The summed E-state index contributed by atoms with van der Waals surface area (Å²) in [5, 5.41) is 0. The Morgan fingerprint density at radius 2 is 0.746 bits per heavy atom. The first kappa shape index (κ1) is 33.8. The number of nitrogens with zero attached hydrogens (tertiary/aromatic N) is 4. The van der Waals surface area contributed by atoms with Gasteiger partial charge in [-0.2, -0.15) is 0 Å². The molecule has 4 aliphatic rings. The lowest BCUT2D eigenvalue weighted by atomic mass is 9.99. The highest BCUT2D eigenvalue weighted by atomic mass is 14.8. The van der Waals surface area contributed by atoms with Gasteiger partial charge in [-0.3, -0.25) is 0 Å². The van der Waals surface area contributed by atoms with Gasteiger partial charge in [-0.15, -0.1) is 0 Å². The summed E-state index contributed by atoms with van der Waals surface area (Å²) in [6.07, 6.45) is 16.0. The second-order valence-corrected chi connectivity index (χ2v) is 14.4. The average molecular weight is 756 g/mol. The van der Waals surface area contributed by atoms with Gasteiger partial charge >= 0.3 is 0 Å². The summed E-state index contributed by atoms with van der Waals surface area (Å²) in [7, 11) is 0. The van der Waals surface area contributed by atoms with E-state index >= 15 is 0 Å². The van der Waals surface area contributed by atoms with Crippen molar-refractivity contribution in [3.63, 3.8) is 0 Å². The summed E-state index contributed by atoms with van der Waals surface area (Å²) in [5.74, 6) is 14.6. The van der Waals surface area contributed by atoms with E-state index < -0.39 is 0 Å². The maximum atomic E-state index is 5.01. The maximum Gasteiger partial charge on any atom is 0.149 e. The lowest BCUT2D eigenvalue weighted by Gasteiger charge is -2.02. The Kier molecular flexibility index (Phi) is 8.17. The number of nitrogens with one attached hydrogen (secondary N) is 4. The molecule has 59 heavy (non-hydrogen) atoms. The van der Waals surface area contributed by atoms with E-state index in [0.29, 0.717) is 5.92 Å². The monoisotopic (exact) mass is 755 g/mol. The molecular weight excluding hydrogens is 725 g/mol. The summed E-state index contributed by atoms with van der Waals surface area (Å²) in [6, 6.07) is 38.6. The van der Waals surface area contributed by atoms with Crippen molar-refractivity contribution in [1.82, 2.24) is 39.9 Å². The average Bonchev–Trinajstić information content (AvgIpc) is 4.09. The predicted octanol–water partition coefficient (Wildman–Crippen LogP) is 10.7. The van der Waals surface area contributed by atoms with Crippen LogP contribution in [0.2, 0.25) is 0 Å². The highest BCUT2D eigenvalue weighted by Gasteiger charge is 2.12. The number of benzene rings is 1. The van der Waals surface area contributed by atoms with Gasteiger partial charge in [0, 0.05) is 33.1 Å². The second-order valence-electron chi connectivity index (χ2n) is 14.4. The van der Waals surface area contributed by atoms with Crippen LogP contribution in [0.1, 0.15) is 62.2 Å². The minimum Gasteiger partial charge on any atom is -0.355 e. The second kappa shape index (κ2) is 14.2. The molecule has 8 nitrogen and oxygen atoms in total. The first-order chi connectivity index (χ1) is 29.1. The molecule has 11 rings (SSSR count). The van der Waals surface area contributed by atoms with Gasteiger partial charge in [0.05, 0.1) is 67.7 Å². The smallest absolute Gasteiger partial charge is 0.149 e. The molecule has 0 saturated carbocycles. The summed E-state index contributed by atoms with van der Waals surface area (Å²) < 4.78 is 0. The van der Waals surface area contributed by atoms with E-state index in [0.717, 1.165) is 106 Å². The van der Waals surface area contributed by atoms with Crippen LogP contribution in [0, 0.1) is 29.6 Å². The zero-order valence-corrected chi connectivity index (χ0v) is 31.4. The number of hydrogen-bond donors (Lipinski definition) is 4. The normalized spacial score (nSPS) is 12.4. The predicted molar refractivity (Wildman–Crippen MR) is 240 cm³/mol. The number of aromatic amines is 4. The molecule has 0 atom stereocenters. The van der Waals surface area contributed by atoms with E-state index in [9.17, 15) is 0 Å². The van der Waals surface area contributed by atoms with Crippen LogP contribution < -0.4 is 0 Å². The molecule has 10 heterocycles. The van der Waals surface area contributed by atoms with Gasteiger partial charge in [0.25, 0.3) is 0 Å². The molecule has 0 amide bonds. The van der Waals surface area contributed by atoms with Crippen molar-refractivity contribution in [2.24, 2.45) is 0 Å². The van der Waals surface area contributed by atoms with Gasteiger partial charge in [-0.25, -0.2) is 19.9 Å². The van der Waals surface area contributed by atoms with Crippen molar-refractivity contribution < 1.29 is 0 Å². The third-order valence-corrected chi connectivity index (χ3v) is 10.1. The Bertz CT molecular complexity index is 3260. The molecule has 4 N–H and O–H groups in total. The molecule has 16 bridgehead atoms. The Labute approximate surface area is 338 Å². The minimum absolute atomic E-state index is 0.658. The van der Waals surface area contributed by atoms with Crippen LogP contribution >= 0.6 is 0 Å².